The normalized spacial score (nSPS) is 17.1. The van der Waals surface area contributed by atoms with E-state index in [-0.39, 0.29) is 0 Å². The van der Waals surface area contributed by atoms with Crippen LogP contribution in [0.25, 0.3) is 0 Å². The van der Waals surface area contributed by atoms with Gasteiger partial charge in [-0.25, -0.2) is 0 Å². The van der Waals surface area contributed by atoms with Crippen LogP contribution in [0.2, 0.25) is 0 Å². The van der Waals surface area contributed by atoms with Crippen LogP contribution in [0.5, 0.6) is 0 Å². The van der Waals surface area contributed by atoms with Crippen LogP contribution in [0.4, 0.5) is 5.69 Å². The fourth-order valence-electron chi connectivity index (χ4n) is 1.54. The van der Waals surface area contributed by atoms with E-state index in [0.717, 1.165) is 18.7 Å². The minimum absolute atomic E-state index is 0.545. The molecule has 0 N–H and O–H groups in total. The second-order valence-corrected chi connectivity index (χ2v) is 4.78. The summed E-state index contributed by atoms with van der Waals surface area (Å²) in [4.78, 5) is 6.57. The second-order valence-electron chi connectivity index (χ2n) is 3.28. The van der Waals surface area contributed by atoms with Crippen molar-refractivity contribution in [3.63, 3.8) is 0 Å². The van der Waals surface area contributed by atoms with Crippen molar-refractivity contribution < 1.29 is 0 Å². The second kappa shape index (κ2) is 4.89. The molecule has 0 radical (unpaired) electrons. The minimum Gasteiger partial charge on any atom is -0.369 e. The Morgan fingerprint density at radius 3 is 2.86 bits per heavy atom. The summed E-state index contributed by atoms with van der Waals surface area (Å²) in [7, 11) is 0. The Bertz CT molecular complexity index is 300. The molecular formula is C10H13ClN2S. The molecule has 14 heavy (non-hydrogen) atoms. The van der Waals surface area contributed by atoms with Crippen LogP contribution >= 0.6 is 23.4 Å². The Labute approximate surface area is 93.7 Å². The van der Waals surface area contributed by atoms with Gasteiger partial charge in [-0.05, 0) is 11.6 Å². The average molecular weight is 229 g/mol. The van der Waals surface area contributed by atoms with Gasteiger partial charge in [0, 0.05) is 36.7 Å². The lowest BCUT2D eigenvalue weighted by Crippen LogP contribution is -2.32. The standard InChI is InChI=1S/C10H13ClN2S/c11-6-9-5-10(8-12-7-9)13-1-3-14-4-2-13/h5,7-8H,1-4,6H2. The number of rotatable bonds is 2. The summed E-state index contributed by atoms with van der Waals surface area (Å²) in [6.07, 6.45) is 3.75. The first-order valence-electron chi connectivity index (χ1n) is 4.73. The maximum absolute atomic E-state index is 5.78. The van der Waals surface area contributed by atoms with Gasteiger partial charge < -0.3 is 4.90 Å². The van der Waals surface area contributed by atoms with Crippen LogP contribution in [0, 0.1) is 0 Å². The van der Waals surface area contributed by atoms with Gasteiger partial charge in [-0.15, -0.1) is 11.6 Å². The van der Waals surface area contributed by atoms with E-state index in [4.69, 9.17) is 11.6 Å². The molecule has 1 saturated heterocycles. The van der Waals surface area contributed by atoms with Crippen LogP contribution in [0.3, 0.4) is 0 Å². The zero-order chi connectivity index (χ0) is 9.80. The molecule has 1 fully saturated rings. The first-order chi connectivity index (χ1) is 6.90. The zero-order valence-electron chi connectivity index (χ0n) is 7.95. The number of alkyl halides is 1. The van der Waals surface area contributed by atoms with E-state index >= 15 is 0 Å². The van der Waals surface area contributed by atoms with Crippen LogP contribution < -0.4 is 4.90 Å². The van der Waals surface area contributed by atoms with Crippen molar-refractivity contribution in [1.29, 1.82) is 0 Å². The molecule has 1 aliphatic heterocycles. The third-order valence-electron chi connectivity index (χ3n) is 2.31. The van der Waals surface area contributed by atoms with Crippen molar-refractivity contribution in [2.45, 2.75) is 5.88 Å². The number of anilines is 1. The van der Waals surface area contributed by atoms with Crippen molar-refractivity contribution >= 4 is 29.1 Å². The van der Waals surface area contributed by atoms with E-state index < -0.39 is 0 Å². The molecular weight excluding hydrogens is 216 g/mol. The van der Waals surface area contributed by atoms with Crippen molar-refractivity contribution in [1.82, 2.24) is 4.98 Å². The van der Waals surface area contributed by atoms with Crippen molar-refractivity contribution in [3.05, 3.63) is 24.0 Å². The smallest absolute Gasteiger partial charge is 0.0556 e. The Morgan fingerprint density at radius 2 is 2.14 bits per heavy atom. The predicted octanol–water partition coefficient (Wildman–Crippen LogP) is 2.37. The van der Waals surface area contributed by atoms with Crippen LogP contribution in [0.15, 0.2) is 18.5 Å². The fraction of sp³-hybridized carbons (Fsp3) is 0.500. The molecule has 0 aromatic carbocycles. The van der Waals surface area contributed by atoms with E-state index in [9.17, 15) is 0 Å². The highest BCUT2D eigenvalue weighted by Gasteiger charge is 2.11. The molecule has 0 atom stereocenters. The van der Waals surface area contributed by atoms with E-state index in [1.165, 1.54) is 17.2 Å². The van der Waals surface area contributed by atoms with Gasteiger partial charge in [0.05, 0.1) is 11.9 Å². The number of aromatic nitrogens is 1. The molecule has 0 unspecified atom stereocenters. The van der Waals surface area contributed by atoms with Gasteiger partial charge in [0.1, 0.15) is 0 Å². The molecule has 0 aliphatic carbocycles. The summed E-state index contributed by atoms with van der Waals surface area (Å²) < 4.78 is 0. The minimum atomic E-state index is 0.545. The van der Waals surface area contributed by atoms with E-state index in [2.05, 4.69) is 16.0 Å². The van der Waals surface area contributed by atoms with Gasteiger partial charge in [0.2, 0.25) is 0 Å². The van der Waals surface area contributed by atoms with Crippen LogP contribution in [-0.2, 0) is 5.88 Å². The Hall–Kier alpha value is -0.410. The fourth-order valence-corrected chi connectivity index (χ4v) is 2.59. The van der Waals surface area contributed by atoms with Crippen molar-refractivity contribution in [2.24, 2.45) is 0 Å². The predicted molar refractivity (Wildman–Crippen MR) is 63.3 cm³/mol. The Morgan fingerprint density at radius 1 is 1.36 bits per heavy atom. The summed E-state index contributed by atoms with van der Waals surface area (Å²) >= 11 is 7.79. The first-order valence-corrected chi connectivity index (χ1v) is 6.41. The number of nitrogens with zero attached hydrogens (tertiary/aromatic N) is 2. The van der Waals surface area contributed by atoms with E-state index in [1.807, 2.05) is 24.2 Å². The largest absolute Gasteiger partial charge is 0.369 e. The summed E-state index contributed by atoms with van der Waals surface area (Å²) in [6, 6.07) is 2.13. The Balaban J connectivity index is 2.13. The van der Waals surface area contributed by atoms with Gasteiger partial charge in [0.25, 0.3) is 0 Å². The number of pyridine rings is 1. The lowest BCUT2D eigenvalue weighted by Gasteiger charge is -2.28. The highest BCUT2D eigenvalue weighted by molar-refractivity contribution is 7.99. The van der Waals surface area contributed by atoms with Gasteiger partial charge in [-0.1, -0.05) is 0 Å². The lowest BCUT2D eigenvalue weighted by molar-refractivity contribution is 0.854. The molecule has 0 amide bonds. The third kappa shape index (κ3) is 2.34. The molecule has 2 heterocycles. The summed E-state index contributed by atoms with van der Waals surface area (Å²) in [6.45, 7) is 2.25. The van der Waals surface area contributed by atoms with Gasteiger partial charge >= 0.3 is 0 Å². The topological polar surface area (TPSA) is 16.1 Å². The maximum Gasteiger partial charge on any atom is 0.0556 e. The average Bonchev–Trinajstić information content (AvgIpc) is 2.30. The molecule has 76 valence electrons. The molecule has 1 aromatic rings. The summed E-state index contributed by atoms with van der Waals surface area (Å²) in [5.74, 6) is 2.97. The van der Waals surface area contributed by atoms with Gasteiger partial charge in [0.15, 0.2) is 0 Å². The monoisotopic (exact) mass is 228 g/mol. The molecule has 0 saturated carbocycles. The quantitative estimate of drug-likeness (QED) is 0.724. The molecule has 4 heteroatoms. The number of thioether (sulfide) groups is 1. The van der Waals surface area contributed by atoms with Gasteiger partial charge in [-0.3, -0.25) is 4.98 Å². The Kier molecular flexibility index (Phi) is 3.54. The summed E-state index contributed by atoms with van der Waals surface area (Å²) in [5, 5.41) is 0. The molecule has 0 spiro atoms. The van der Waals surface area contributed by atoms with Crippen molar-refractivity contribution in [3.8, 4) is 0 Å². The first kappa shape index (κ1) is 10.1. The zero-order valence-corrected chi connectivity index (χ0v) is 9.52. The molecule has 0 bridgehead atoms. The van der Waals surface area contributed by atoms with Crippen LogP contribution in [0.1, 0.15) is 5.56 Å². The SMILES string of the molecule is ClCc1cncc(N2CCSCC2)c1. The highest BCUT2D eigenvalue weighted by atomic mass is 35.5. The van der Waals surface area contributed by atoms with Crippen LogP contribution in [-0.4, -0.2) is 29.6 Å². The molecule has 2 rings (SSSR count). The number of hydrogen-bond acceptors (Lipinski definition) is 3. The third-order valence-corrected chi connectivity index (χ3v) is 3.56. The lowest BCUT2D eigenvalue weighted by atomic mass is 10.2. The van der Waals surface area contributed by atoms with Gasteiger partial charge in [-0.2, -0.15) is 11.8 Å². The van der Waals surface area contributed by atoms with Crippen molar-refractivity contribution in [2.75, 3.05) is 29.5 Å². The molecule has 1 aliphatic rings. The molecule has 2 nitrogen and oxygen atoms in total. The maximum atomic E-state index is 5.78. The molecule has 1 aromatic heterocycles. The highest BCUT2D eigenvalue weighted by Crippen LogP contribution is 2.19. The van der Waals surface area contributed by atoms with E-state index in [0.29, 0.717) is 5.88 Å². The number of hydrogen-bond donors (Lipinski definition) is 0. The summed E-state index contributed by atoms with van der Waals surface area (Å²) in [5.41, 5.74) is 2.31. The van der Waals surface area contributed by atoms with E-state index in [1.54, 1.807) is 0 Å². The number of halogens is 1.